The number of fused-ring (bicyclic) bond motifs is 3. The molecule has 0 fully saturated rings. The topological polar surface area (TPSA) is 107 Å². The summed E-state index contributed by atoms with van der Waals surface area (Å²) in [5.41, 5.74) is 7.43. The maximum atomic E-state index is 13.4. The molecule has 4 rings (SSSR count). The van der Waals surface area contributed by atoms with E-state index in [4.69, 9.17) is 10.7 Å². The van der Waals surface area contributed by atoms with Crippen LogP contribution in [0.5, 0.6) is 0 Å². The zero-order chi connectivity index (χ0) is 23.4. The van der Waals surface area contributed by atoms with E-state index in [0.29, 0.717) is 23.0 Å². The van der Waals surface area contributed by atoms with Crippen molar-refractivity contribution >= 4 is 50.8 Å². The Morgan fingerprint density at radius 3 is 2.70 bits per heavy atom. The smallest absolute Gasteiger partial charge is 0.263 e. The molecule has 3 aromatic rings. The Balaban J connectivity index is 1.52. The molecule has 3 N–H and O–H groups in total. The van der Waals surface area contributed by atoms with Crippen molar-refractivity contribution in [1.82, 2.24) is 9.55 Å². The molecule has 2 aromatic heterocycles. The number of nitrogens with zero attached hydrogens (tertiary/aromatic N) is 2. The number of thioether (sulfide) groups is 1. The number of aromatic nitrogens is 2. The summed E-state index contributed by atoms with van der Waals surface area (Å²) in [6.45, 7) is 2.78. The number of hydrogen-bond acceptors (Lipinski definition) is 6. The van der Waals surface area contributed by atoms with E-state index >= 15 is 0 Å². The standard InChI is InChI=1S/C24H28N4O3S2/c1-2-3-4-5-13-28-23(31)20-17-7-6-8-18(17)33-22(20)27-24(28)32-14-19(29)26-16-11-9-15(10-12-16)21(25)30/h9-12H,2-8,13-14H2,1H3,(H2,25,30)(H,26,29). The minimum Gasteiger partial charge on any atom is -0.366 e. The number of hydrogen-bond donors (Lipinski definition) is 2. The molecule has 174 valence electrons. The lowest BCUT2D eigenvalue weighted by molar-refractivity contribution is -0.113. The second-order valence-electron chi connectivity index (χ2n) is 8.23. The Bertz CT molecular complexity index is 1230. The molecule has 0 saturated heterocycles. The van der Waals surface area contributed by atoms with Gasteiger partial charge in [0.05, 0.1) is 11.1 Å². The van der Waals surface area contributed by atoms with E-state index in [0.717, 1.165) is 55.2 Å². The number of carbonyl (C=O) groups excluding carboxylic acids is 2. The van der Waals surface area contributed by atoms with Crippen LogP contribution in [0.3, 0.4) is 0 Å². The molecule has 2 amide bonds. The predicted octanol–water partition coefficient (Wildman–Crippen LogP) is 4.36. The lowest BCUT2D eigenvalue weighted by Gasteiger charge is -2.12. The van der Waals surface area contributed by atoms with Gasteiger partial charge in [0, 0.05) is 22.7 Å². The zero-order valence-corrected chi connectivity index (χ0v) is 20.3. The lowest BCUT2D eigenvalue weighted by Crippen LogP contribution is -2.24. The summed E-state index contributed by atoms with van der Waals surface area (Å²) in [4.78, 5) is 44.1. The van der Waals surface area contributed by atoms with Crippen molar-refractivity contribution in [2.75, 3.05) is 11.1 Å². The molecule has 0 bridgehead atoms. The molecule has 0 radical (unpaired) electrons. The average molecular weight is 485 g/mol. The molecule has 33 heavy (non-hydrogen) atoms. The van der Waals surface area contributed by atoms with Gasteiger partial charge in [0.15, 0.2) is 5.16 Å². The first-order valence-corrected chi connectivity index (χ1v) is 13.2. The average Bonchev–Trinajstić information content (AvgIpc) is 3.38. The number of nitrogens with two attached hydrogens (primary N) is 1. The van der Waals surface area contributed by atoms with E-state index in [-0.39, 0.29) is 17.2 Å². The second kappa shape index (κ2) is 10.5. The summed E-state index contributed by atoms with van der Waals surface area (Å²) in [6, 6.07) is 6.43. The number of primary amides is 1. The van der Waals surface area contributed by atoms with Gasteiger partial charge in [0.1, 0.15) is 4.83 Å². The van der Waals surface area contributed by atoms with Crippen LogP contribution in [-0.4, -0.2) is 27.1 Å². The van der Waals surface area contributed by atoms with E-state index < -0.39 is 5.91 Å². The minimum atomic E-state index is -0.513. The van der Waals surface area contributed by atoms with Gasteiger partial charge >= 0.3 is 0 Å². The zero-order valence-electron chi connectivity index (χ0n) is 18.7. The van der Waals surface area contributed by atoms with Crippen LogP contribution in [0, 0.1) is 0 Å². The van der Waals surface area contributed by atoms with E-state index in [2.05, 4.69) is 12.2 Å². The van der Waals surface area contributed by atoms with Gasteiger partial charge in [0.25, 0.3) is 5.56 Å². The molecular formula is C24H28N4O3S2. The van der Waals surface area contributed by atoms with Crippen LogP contribution >= 0.6 is 23.1 Å². The molecular weight excluding hydrogens is 456 g/mol. The summed E-state index contributed by atoms with van der Waals surface area (Å²) in [5, 5.41) is 4.20. The molecule has 0 spiro atoms. The highest BCUT2D eigenvalue weighted by atomic mass is 32.2. The lowest BCUT2D eigenvalue weighted by atomic mass is 10.2. The van der Waals surface area contributed by atoms with Crippen molar-refractivity contribution in [3.05, 3.63) is 50.6 Å². The largest absolute Gasteiger partial charge is 0.366 e. The highest BCUT2D eigenvalue weighted by Gasteiger charge is 2.23. The number of anilines is 1. The Hall–Kier alpha value is -2.65. The third kappa shape index (κ3) is 5.30. The highest BCUT2D eigenvalue weighted by molar-refractivity contribution is 7.99. The van der Waals surface area contributed by atoms with Gasteiger partial charge in [-0.3, -0.25) is 19.0 Å². The van der Waals surface area contributed by atoms with Crippen molar-refractivity contribution < 1.29 is 9.59 Å². The molecule has 0 unspecified atom stereocenters. The van der Waals surface area contributed by atoms with Gasteiger partial charge < -0.3 is 11.1 Å². The third-order valence-corrected chi connectivity index (χ3v) is 7.97. The molecule has 1 aliphatic rings. The second-order valence-corrected chi connectivity index (χ2v) is 10.3. The molecule has 0 aliphatic heterocycles. The number of amides is 2. The van der Waals surface area contributed by atoms with Gasteiger partial charge in [-0.2, -0.15) is 0 Å². The summed E-state index contributed by atoms with van der Waals surface area (Å²) >= 11 is 2.91. The molecule has 0 saturated carbocycles. The predicted molar refractivity (Wildman–Crippen MR) is 134 cm³/mol. The first-order chi connectivity index (χ1) is 16.0. The van der Waals surface area contributed by atoms with E-state index in [1.165, 1.54) is 22.2 Å². The summed E-state index contributed by atoms with van der Waals surface area (Å²) in [7, 11) is 0. The van der Waals surface area contributed by atoms with Crippen LogP contribution in [0.4, 0.5) is 5.69 Å². The van der Waals surface area contributed by atoms with Crippen LogP contribution in [0.2, 0.25) is 0 Å². The Morgan fingerprint density at radius 2 is 1.97 bits per heavy atom. The number of rotatable bonds is 10. The fraction of sp³-hybridized carbons (Fsp3) is 0.417. The van der Waals surface area contributed by atoms with E-state index in [1.54, 1.807) is 40.2 Å². The highest BCUT2D eigenvalue weighted by Crippen LogP contribution is 2.35. The van der Waals surface area contributed by atoms with Gasteiger partial charge in [-0.1, -0.05) is 37.9 Å². The SMILES string of the molecule is CCCCCCn1c(SCC(=O)Nc2ccc(C(N)=O)cc2)nc2sc3c(c2c1=O)CCC3. The van der Waals surface area contributed by atoms with E-state index in [9.17, 15) is 14.4 Å². The van der Waals surface area contributed by atoms with Crippen LogP contribution in [0.15, 0.2) is 34.2 Å². The Morgan fingerprint density at radius 1 is 1.18 bits per heavy atom. The summed E-state index contributed by atoms with van der Waals surface area (Å²) < 4.78 is 1.77. The number of unbranched alkanes of at least 4 members (excludes halogenated alkanes) is 3. The normalized spacial score (nSPS) is 12.8. The first kappa shape index (κ1) is 23.5. The molecule has 9 heteroatoms. The summed E-state index contributed by atoms with van der Waals surface area (Å²) in [6.07, 6.45) is 7.32. The molecule has 0 atom stereocenters. The quantitative estimate of drug-likeness (QED) is 0.253. The number of carbonyl (C=O) groups is 2. The minimum absolute atomic E-state index is 0.0286. The summed E-state index contributed by atoms with van der Waals surface area (Å²) in [5.74, 6) is -0.580. The fourth-order valence-corrected chi connectivity index (χ4v) is 6.24. The Labute approximate surface area is 200 Å². The fourth-order valence-electron chi connectivity index (χ4n) is 4.11. The van der Waals surface area contributed by atoms with Gasteiger partial charge in [-0.05, 0) is 55.5 Å². The van der Waals surface area contributed by atoms with Crippen molar-refractivity contribution in [2.45, 2.75) is 63.6 Å². The molecule has 2 heterocycles. The van der Waals surface area contributed by atoms with Crippen LogP contribution in [0.25, 0.3) is 10.2 Å². The number of thiophene rings is 1. The monoisotopic (exact) mass is 484 g/mol. The number of aryl methyl sites for hydroxylation is 2. The van der Waals surface area contributed by atoms with Gasteiger partial charge in [0.2, 0.25) is 11.8 Å². The molecule has 7 nitrogen and oxygen atoms in total. The Kier molecular flexibility index (Phi) is 7.49. The van der Waals surface area contributed by atoms with E-state index in [1.807, 2.05) is 0 Å². The molecule has 1 aliphatic carbocycles. The number of nitrogens with one attached hydrogen (secondary N) is 1. The van der Waals surface area contributed by atoms with Gasteiger partial charge in [-0.25, -0.2) is 4.98 Å². The van der Waals surface area contributed by atoms with Crippen LogP contribution < -0.4 is 16.6 Å². The van der Waals surface area contributed by atoms with Crippen molar-refractivity contribution in [3.8, 4) is 0 Å². The van der Waals surface area contributed by atoms with Crippen molar-refractivity contribution in [2.24, 2.45) is 5.73 Å². The van der Waals surface area contributed by atoms with Crippen molar-refractivity contribution in [3.63, 3.8) is 0 Å². The number of benzene rings is 1. The van der Waals surface area contributed by atoms with Crippen molar-refractivity contribution in [1.29, 1.82) is 0 Å². The molecule has 1 aromatic carbocycles. The maximum absolute atomic E-state index is 13.4. The van der Waals surface area contributed by atoms with Gasteiger partial charge in [-0.15, -0.1) is 11.3 Å². The first-order valence-electron chi connectivity index (χ1n) is 11.4. The van der Waals surface area contributed by atoms with Crippen LogP contribution in [-0.2, 0) is 24.2 Å². The third-order valence-electron chi connectivity index (χ3n) is 5.81. The maximum Gasteiger partial charge on any atom is 0.263 e. The van der Waals surface area contributed by atoms with Crippen LogP contribution in [0.1, 0.15) is 59.8 Å².